The molecule has 4 rings (SSSR count). The molecule has 0 saturated heterocycles. The highest BCUT2D eigenvalue weighted by molar-refractivity contribution is 6.47. The van der Waals surface area contributed by atoms with Gasteiger partial charge in [-0.05, 0) is 48.0 Å². The molecule has 2 aromatic heterocycles. The van der Waals surface area contributed by atoms with Gasteiger partial charge in [0.05, 0.1) is 11.3 Å². The summed E-state index contributed by atoms with van der Waals surface area (Å²) in [6, 6.07) is 18.1. The molecule has 0 spiro atoms. The highest BCUT2D eigenvalue weighted by Crippen LogP contribution is 2.35. The molecule has 4 nitrogen and oxygen atoms in total. The van der Waals surface area contributed by atoms with E-state index in [1.165, 1.54) is 16.5 Å². The second-order valence-corrected chi connectivity index (χ2v) is 7.17. The van der Waals surface area contributed by atoms with Gasteiger partial charge in [-0.25, -0.2) is 0 Å². The molecule has 0 saturated carbocycles. The number of nitrogens with zero attached hydrogens (tertiary/aromatic N) is 1. The summed E-state index contributed by atoms with van der Waals surface area (Å²) >= 11 is 5.94. The standard InChI is InChI=1S/C23H14ClF3N2O2/c24-15-10-8-14(9-11-15)17-13-16-5-3-4-12-29(16)20(17)21(30)22(31)28-19-7-2-1-6-18(19)23(25,26)27/h1-13H,(H,28,31). The largest absolute Gasteiger partial charge is 0.418 e. The van der Waals surface area contributed by atoms with Crippen LogP contribution in [0.4, 0.5) is 18.9 Å². The Morgan fingerprint density at radius 3 is 2.29 bits per heavy atom. The van der Waals surface area contributed by atoms with Crippen molar-refractivity contribution in [2.24, 2.45) is 0 Å². The SMILES string of the molecule is O=C(Nc1ccccc1C(F)(F)F)C(=O)c1c(-c2ccc(Cl)cc2)cc2ccccn12. The number of alkyl halides is 3. The van der Waals surface area contributed by atoms with Gasteiger partial charge in [0.25, 0.3) is 11.7 Å². The third-order valence-corrected chi connectivity index (χ3v) is 4.99. The number of ketones is 1. The third-order valence-electron chi connectivity index (χ3n) is 4.74. The van der Waals surface area contributed by atoms with E-state index >= 15 is 0 Å². The molecule has 156 valence electrons. The second-order valence-electron chi connectivity index (χ2n) is 6.74. The molecule has 0 aliphatic heterocycles. The first-order chi connectivity index (χ1) is 14.8. The molecule has 31 heavy (non-hydrogen) atoms. The number of pyridine rings is 1. The number of fused-ring (bicyclic) bond motifs is 1. The lowest BCUT2D eigenvalue weighted by molar-refractivity contribution is -0.137. The maximum atomic E-state index is 13.2. The van der Waals surface area contributed by atoms with Crippen molar-refractivity contribution >= 4 is 34.5 Å². The number of carbonyl (C=O) groups excluding carboxylic acids is 2. The summed E-state index contributed by atoms with van der Waals surface area (Å²) in [6.45, 7) is 0. The van der Waals surface area contributed by atoms with Crippen LogP contribution in [0, 0.1) is 0 Å². The van der Waals surface area contributed by atoms with E-state index < -0.39 is 29.1 Å². The summed E-state index contributed by atoms with van der Waals surface area (Å²) in [6.07, 6.45) is -3.07. The van der Waals surface area contributed by atoms with Crippen LogP contribution >= 0.6 is 11.6 Å². The van der Waals surface area contributed by atoms with Gasteiger partial charge in [-0.1, -0.05) is 41.9 Å². The lowest BCUT2D eigenvalue weighted by atomic mass is 10.0. The number of Topliss-reactive ketones (excluding diaryl/α,β-unsaturated/α-hetero) is 1. The number of carbonyl (C=O) groups is 2. The lowest BCUT2D eigenvalue weighted by Crippen LogP contribution is -2.26. The first-order valence-corrected chi connectivity index (χ1v) is 9.51. The molecular weight excluding hydrogens is 429 g/mol. The minimum absolute atomic E-state index is 0.0416. The predicted molar refractivity (Wildman–Crippen MR) is 112 cm³/mol. The van der Waals surface area contributed by atoms with E-state index in [4.69, 9.17) is 11.6 Å². The molecule has 0 aliphatic carbocycles. The Bertz CT molecular complexity index is 1290. The van der Waals surface area contributed by atoms with Crippen LogP contribution < -0.4 is 5.32 Å². The molecule has 0 unspecified atom stereocenters. The fourth-order valence-electron chi connectivity index (χ4n) is 3.33. The minimum atomic E-state index is -4.68. The maximum Gasteiger partial charge on any atom is 0.418 e. The second kappa shape index (κ2) is 7.92. The summed E-state index contributed by atoms with van der Waals surface area (Å²) in [4.78, 5) is 25.8. The summed E-state index contributed by atoms with van der Waals surface area (Å²) < 4.78 is 41.3. The zero-order valence-electron chi connectivity index (χ0n) is 15.8. The van der Waals surface area contributed by atoms with Crippen LogP contribution in [0.3, 0.4) is 0 Å². The molecule has 0 aliphatic rings. The van der Waals surface area contributed by atoms with Gasteiger partial charge in [0.15, 0.2) is 0 Å². The zero-order valence-corrected chi connectivity index (χ0v) is 16.5. The quantitative estimate of drug-likeness (QED) is 0.306. The molecule has 1 amide bonds. The molecule has 8 heteroatoms. The van der Waals surface area contributed by atoms with Gasteiger partial charge in [0.2, 0.25) is 0 Å². The monoisotopic (exact) mass is 442 g/mol. The number of aromatic nitrogens is 1. The number of benzene rings is 2. The molecule has 0 bridgehead atoms. The van der Waals surface area contributed by atoms with Crippen molar-refractivity contribution in [3.8, 4) is 11.1 Å². The van der Waals surface area contributed by atoms with Crippen molar-refractivity contribution in [3.05, 3.63) is 95.3 Å². The molecule has 2 heterocycles. The van der Waals surface area contributed by atoms with E-state index in [0.29, 0.717) is 21.7 Å². The van der Waals surface area contributed by atoms with Gasteiger partial charge in [-0.2, -0.15) is 13.2 Å². The molecule has 1 N–H and O–H groups in total. The Balaban J connectivity index is 1.77. The number of hydrogen-bond acceptors (Lipinski definition) is 2. The number of amides is 1. The van der Waals surface area contributed by atoms with Gasteiger partial charge in [-0.3, -0.25) is 9.59 Å². The zero-order chi connectivity index (χ0) is 22.2. The van der Waals surface area contributed by atoms with Gasteiger partial charge >= 0.3 is 6.18 Å². The fraction of sp³-hybridized carbons (Fsp3) is 0.0435. The number of halogens is 4. The average Bonchev–Trinajstić information content (AvgIpc) is 3.12. The molecule has 4 aromatic rings. The van der Waals surface area contributed by atoms with Gasteiger partial charge in [-0.15, -0.1) is 0 Å². The Hall–Kier alpha value is -3.58. The summed E-state index contributed by atoms with van der Waals surface area (Å²) in [7, 11) is 0. The highest BCUT2D eigenvalue weighted by Gasteiger charge is 2.34. The summed E-state index contributed by atoms with van der Waals surface area (Å²) in [5.41, 5.74) is 0.280. The smallest absolute Gasteiger partial charge is 0.318 e. The fourth-order valence-corrected chi connectivity index (χ4v) is 3.46. The number of rotatable bonds is 4. The lowest BCUT2D eigenvalue weighted by Gasteiger charge is -2.13. The Labute approximate surface area is 179 Å². The maximum absolute atomic E-state index is 13.2. The predicted octanol–water partition coefficient (Wildman–Crippen LogP) is 6.10. The van der Waals surface area contributed by atoms with Crippen molar-refractivity contribution < 1.29 is 22.8 Å². The van der Waals surface area contributed by atoms with Crippen LogP contribution in [-0.2, 0) is 11.0 Å². The first kappa shape index (κ1) is 20.7. The van der Waals surface area contributed by atoms with Crippen molar-refractivity contribution in [1.82, 2.24) is 4.40 Å². The van der Waals surface area contributed by atoms with E-state index in [9.17, 15) is 22.8 Å². The summed E-state index contributed by atoms with van der Waals surface area (Å²) in [5, 5.41) is 2.62. The van der Waals surface area contributed by atoms with Gasteiger partial charge < -0.3 is 9.72 Å². The topological polar surface area (TPSA) is 50.6 Å². The first-order valence-electron chi connectivity index (χ1n) is 9.13. The van der Waals surface area contributed by atoms with E-state index in [2.05, 4.69) is 5.32 Å². The average molecular weight is 443 g/mol. The van der Waals surface area contributed by atoms with Crippen LogP contribution in [0.2, 0.25) is 5.02 Å². The molecular formula is C23H14ClF3N2O2. The Morgan fingerprint density at radius 2 is 1.58 bits per heavy atom. The van der Waals surface area contributed by atoms with Crippen molar-refractivity contribution in [1.29, 1.82) is 0 Å². The van der Waals surface area contributed by atoms with Crippen molar-refractivity contribution in [2.45, 2.75) is 6.18 Å². The number of hydrogen-bond donors (Lipinski definition) is 1. The molecule has 0 radical (unpaired) electrons. The molecule has 0 atom stereocenters. The molecule has 0 fully saturated rings. The number of para-hydroxylation sites is 1. The van der Waals surface area contributed by atoms with E-state index in [-0.39, 0.29) is 5.69 Å². The van der Waals surface area contributed by atoms with Crippen LogP contribution in [0.15, 0.2) is 79.0 Å². The van der Waals surface area contributed by atoms with Crippen LogP contribution in [-0.4, -0.2) is 16.1 Å². The normalized spacial score (nSPS) is 11.5. The van der Waals surface area contributed by atoms with E-state index in [1.807, 2.05) is 0 Å². The Morgan fingerprint density at radius 1 is 0.903 bits per heavy atom. The van der Waals surface area contributed by atoms with Crippen LogP contribution in [0.25, 0.3) is 16.6 Å². The molecule has 2 aromatic carbocycles. The highest BCUT2D eigenvalue weighted by atomic mass is 35.5. The van der Waals surface area contributed by atoms with Gasteiger partial charge in [0, 0.05) is 22.3 Å². The third kappa shape index (κ3) is 4.04. The van der Waals surface area contributed by atoms with Crippen molar-refractivity contribution in [3.63, 3.8) is 0 Å². The minimum Gasteiger partial charge on any atom is -0.318 e. The van der Waals surface area contributed by atoms with Crippen LogP contribution in [0.5, 0.6) is 0 Å². The van der Waals surface area contributed by atoms with Crippen molar-refractivity contribution in [2.75, 3.05) is 5.32 Å². The van der Waals surface area contributed by atoms with E-state index in [0.717, 1.165) is 12.1 Å². The van der Waals surface area contributed by atoms with E-state index in [1.54, 1.807) is 54.7 Å². The van der Waals surface area contributed by atoms with Gasteiger partial charge in [0.1, 0.15) is 5.69 Å². The van der Waals surface area contributed by atoms with Crippen LogP contribution in [0.1, 0.15) is 16.1 Å². The Kier molecular flexibility index (Phi) is 5.29. The number of anilines is 1. The number of nitrogens with one attached hydrogen (secondary N) is 1. The summed E-state index contributed by atoms with van der Waals surface area (Å²) in [5.74, 6) is -2.14.